The normalized spacial score (nSPS) is 12.0. The molecular formula is C46H27N3O. The van der Waals surface area contributed by atoms with Gasteiger partial charge < -0.3 is 4.42 Å². The largest absolute Gasteiger partial charge is 0.455 e. The second-order valence-electron chi connectivity index (χ2n) is 13.0. The van der Waals surface area contributed by atoms with Crippen molar-refractivity contribution in [2.45, 2.75) is 0 Å². The van der Waals surface area contributed by atoms with Gasteiger partial charge in [-0.3, -0.25) is 4.57 Å². The molecule has 0 aliphatic carbocycles. The van der Waals surface area contributed by atoms with Crippen molar-refractivity contribution in [3.63, 3.8) is 0 Å². The summed E-state index contributed by atoms with van der Waals surface area (Å²) < 4.78 is 9.17. The lowest BCUT2D eigenvalue weighted by Gasteiger charge is -2.12. The van der Waals surface area contributed by atoms with Gasteiger partial charge >= 0.3 is 0 Å². The molecule has 0 aliphatic rings. The van der Waals surface area contributed by atoms with Gasteiger partial charge in [0.15, 0.2) is 0 Å². The predicted octanol–water partition coefficient (Wildman–Crippen LogP) is 12.3. The molecule has 0 aliphatic heterocycles. The van der Waals surface area contributed by atoms with Crippen molar-refractivity contribution in [1.29, 1.82) is 0 Å². The van der Waals surface area contributed by atoms with Crippen LogP contribution in [0.3, 0.4) is 0 Å². The summed E-state index contributed by atoms with van der Waals surface area (Å²) in [4.78, 5) is 10.5. The quantitative estimate of drug-likeness (QED) is 0.194. The van der Waals surface area contributed by atoms with Gasteiger partial charge in [0, 0.05) is 32.5 Å². The summed E-state index contributed by atoms with van der Waals surface area (Å²) in [7, 11) is 0. The lowest BCUT2D eigenvalue weighted by Crippen LogP contribution is -2.03. The summed E-state index contributed by atoms with van der Waals surface area (Å²) >= 11 is 0. The van der Waals surface area contributed by atoms with Crippen molar-refractivity contribution in [3.8, 4) is 28.3 Å². The molecule has 11 aromatic rings. The van der Waals surface area contributed by atoms with Crippen LogP contribution in [0.15, 0.2) is 168 Å². The van der Waals surface area contributed by atoms with Crippen LogP contribution in [0, 0.1) is 0 Å². The first-order chi connectivity index (χ1) is 24.8. The third-order valence-corrected chi connectivity index (χ3v) is 10.2. The van der Waals surface area contributed by atoms with Gasteiger partial charge in [0.25, 0.3) is 0 Å². The van der Waals surface area contributed by atoms with E-state index in [4.69, 9.17) is 14.4 Å². The van der Waals surface area contributed by atoms with Crippen molar-refractivity contribution in [2.24, 2.45) is 0 Å². The maximum Gasteiger partial charge on any atom is 0.235 e. The molecule has 0 fully saturated rings. The van der Waals surface area contributed by atoms with Gasteiger partial charge in [0.05, 0.1) is 27.6 Å². The van der Waals surface area contributed by atoms with E-state index in [0.717, 1.165) is 71.3 Å². The fourth-order valence-corrected chi connectivity index (χ4v) is 7.90. The second kappa shape index (κ2) is 10.4. The standard InChI is InChI=1S/C46H27N3O/c1-2-13-29(14-3-1)37-27-38-34-24-25-41-42(45(34)50-44(38)33-17-7-6-16-32(33)37)36-19-9-11-21-40(36)49(41)46-47-39-20-10-8-18-35(39)43(48-46)31-23-22-28-12-4-5-15-30(28)26-31/h1-27H. The Bertz CT molecular complexity index is 3150. The zero-order valence-electron chi connectivity index (χ0n) is 26.8. The van der Waals surface area contributed by atoms with E-state index in [-0.39, 0.29) is 0 Å². The van der Waals surface area contributed by atoms with Crippen molar-refractivity contribution in [1.82, 2.24) is 14.5 Å². The van der Waals surface area contributed by atoms with Crippen LogP contribution >= 0.6 is 0 Å². The fraction of sp³-hybridized carbons (Fsp3) is 0. The summed E-state index contributed by atoms with van der Waals surface area (Å²) in [6.45, 7) is 0. The molecular weight excluding hydrogens is 611 g/mol. The number of nitrogens with zero attached hydrogens (tertiary/aromatic N) is 3. The Morgan fingerprint density at radius 1 is 0.420 bits per heavy atom. The number of fused-ring (bicyclic) bond motifs is 11. The molecule has 4 nitrogen and oxygen atoms in total. The van der Waals surface area contributed by atoms with Crippen LogP contribution in [0.1, 0.15) is 0 Å². The van der Waals surface area contributed by atoms with Crippen LogP contribution in [0.5, 0.6) is 0 Å². The molecule has 0 atom stereocenters. The van der Waals surface area contributed by atoms with Crippen LogP contribution in [-0.2, 0) is 0 Å². The maximum atomic E-state index is 6.98. The molecule has 11 rings (SSSR count). The number of para-hydroxylation sites is 2. The lowest BCUT2D eigenvalue weighted by atomic mass is 9.95. The summed E-state index contributed by atoms with van der Waals surface area (Å²) in [5.41, 5.74) is 9.07. The SMILES string of the molecule is c1ccc(-c2cc3c4ccc5c(c6ccccc6n5-c5nc(-c6ccc7ccccc7c6)c6ccccc6n5)c4oc3c3ccccc23)cc1. The molecule has 3 heterocycles. The predicted molar refractivity (Wildman–Crippen MR) is 207 cm³/mol. The number of benzene rings is 8. The summed E-state index contributed by atoms with van der Waals surface area (Å²) in [5, 5.41) is 10.0. The van der Waals surface area contributed by atoms with Gasteiger partial charge in [0.1, 0.15) is 11.2 Å². The number of aromatic nitrogens is 3. The third-order valence-electron chi connectivity index (χ3n) is 10.2. The van der Waals surface area contributed by atoms with E-state index in [1.165, 1.54) is 27.3 Å². The number of hydrogen-bond acceptors (Lipinski definition) is 3. The number of hydrogen-bond donors (Lipinski definition) is 0. The molecule has 0 unspecified atom stereocenters. The molecule has 3 aromatic heterocycles. The van der Waals surface area contributed by atoms with Crippen LogP contribution < -0.4 is 0 Å². The molecule has 0 amide bonds. The Hall–Kier alpha value is -6.78. The van der Waals surface area contributed by atoms with Crippen molar-refractivity contribution >= 4 is 76.2 Å². The van der Waals surface area contributed by atoms with E-state index in [1.54, 1.807) is 0 Å². The molecule has 0 saturated heterocycles. The number of rotatable bonds is 3. The summed E-state index contributed by atoms with van der Waals surface area (Å²) in [5.74, 6) is 0.630. The molecule has 0 saturated carbocycles. The minimum Gasteiger partial charge on any atom is -0.455 e. The first-order valence-corrected chi connectivity index (χ1v) is 16.9. The Kier molecular flexibility index (Phi) is 5.63. The molecule has 0 N–H and O–H groups in total. The van der Waals surface area contributed by atoms with E-state index in [0.29, 0.717) is 5.95 Å². The first-order valence-electron chi connectivity index (χ1n) is 16.9. The molecule has 232 valence electrons. The van der Waals surface area contributed by atoms with Crippen molar-refractivity contribution in [2.75, 3.05) is 0 Å². The number of furan rings is 1. The van der Waals surface area contributed by atoms with Crippen LogP contribution in [0.4, 0.5) is 0 Å². The minimum absolute atomic E-state index is 0.630. The highest BCUT2D eigenvalue weighted by molar-refractivity contribution is 6.27. The molecule has 0 bridgehead atoms. The van der Waals surface area contributed by atoms with E-state index < -0.39 is 0 Å². The van der Waals surface area contributed by atoms with Crippen LogP contribution in [-0.4, -0.2) is 14.5 Å². The topological polar surface area (TPSA) is 43.9 Å². The Morgan fingerprint density at radius 2 is 1.12 bits per heavy atom. The summed E-state index contributed by atoms with van der Waals surface area (Å²) in [6, 6.07) is 57.7. The van der Waals surface area contributed by atoms with E-state index in [2.05, 4.69) is 162 Å². The van der Waals surface area contributed by atoms with E-state index in [1.807, 2.05) is 6.07 Å². The molecule has 50 heavy (non-hydrogen) atoms. The Morgan fingerprint density at radius 3 is 2.00 bits per heavy atom. The Balaban J connectivity index is 1.22. The van der Waals surface area contributed by atoms with Crippen molar-refractivity contribution in [3.05, 3.63) is 164 Å². The third kappa shape index (κ3) is 3.87. The van der Waals surface area contributed by atoms with Crippen LogP contribution in [0.25, 0.3) is 105 Å². The van der Waals surface area contributed by atoms with Gasteiger partial charge in [-0.1, -0.05) is 127 Å². The zero-order chi connectivity index (χ0) is 32.8. The molecule has 0 radical (unpaired) electrons. The molecule has 8 aromatic carbocycles. The Labute approximate surface area is 286 Å². The van der Waals surface area contributed by atoms with Gasteiger partial charge in [-0.15, -0.1) is 0 Å². The smallest absolute Gasteiger partial charge is 0.235 e. The van der Waals surface area contributed by atoms with E-state index in [9.17, 15) is 0 Å². The van der Waals surface area contributed by atoms with Gasteiger partial charge in [-0.2, -0.15) is 0 Å². The van der Waals surface area contributed by atoms with Gasteiger partial charge in [-0.25, -0.2) is 9.97 Å². The first kappa shape index (κ1) is 27.2. The van der Waals surface area contributed by atoms with E-state index >= 15 is 0 Å². The molecule has 4 heteroatoms. The average Bonchev–Trinajstić information content (AvgIpc) is 3.73. The highest BCUT2D eigenvalue weighted by Crippen LogP contribution is 2.44. The average molecular weight is 638 g/mol. The zero-order valence-corrected chi connectivity index (χ0v) is 26.8. The molecule has 0 spiro atoms. The lowest BCUT2D eigenvalue weighted by molar-refractivity contribution is 0.676. The van der Waals surface area contributed by atoms with Crippen LogP contribution in [0.2, 0.25) is 0 Å². The van der Waals surface area contributed by atoms with Crippen molar-refractivity contribution < 1.29 is 4.42 Å². The minimum atomic E-state index is 0.630. The highest BCUT2D eigenvalue weighted by Gasteiger charge is 2.22. The summed E-state index contributed by atoms with van der Waals surface area (Å²) in [6.07, 6.45) is 0. The fourth-order valence-electron chi connectivity index (χ4n) is 7.90. The second-order valence-corrected chi connectivity index (χ2v) is 13.0. The maximum absolute atomic E-state index is 6.98. The highest BCUT2D eigenvalue weighted by atomic mass is 16.3. The van der Waals surface area contributed by atoms with Gasteiger partial charge in [0.2, 0.25) is 5.95 Å². The monoisotopic (exact) mass is 637 g/mol. The van der Waals surface area contributed by atoms with Gasteiger partial charge in [-0.05, 0) is 63.7 Å².